The minimum absolute atomic E-state index is 0.265. The standard InChI is InChI=1S/C17H25NO2/c1-14(2)17(11-7-4-8-12-17)20-16(19)18-13-15-9-5-3-6-10-15/h3,5-6,9-10,14H,4,7-8,11-13H2,1-2H3,(H,18,19). The SMILES string of the molecule is CC(C)C1(OC(=O)NCc2ccccc2)CCCCC1. The maximum absolute atomic E-state index is 12.1. The van der Waals surface area contributed by atoms with E-state index in [0.717, 1.165) is 31.2 Å². The zero-order valence-corrected chi connectivity index (χ0v) is 12.5. The van der Waals surface area contributed by atoms with Gasteiger partial charge in [-0.15, -0.1) is 0 Å². The van der Waals surface area contributed by atoms with Crippen molar-refractivity contribution in [1.29, 1.82) is 0 Å². The van der Waals surface area contributed by atoms with Crippen molar-refractivity contribution in [2.75, 3.05) is 0 Å². The summed E-state index contributed by atoms with van der Waals surface area (Å²) in [6.07, 6.45) is 5.26. The summed E-state index contributed by atoms with van der Waals surface area (Å²) in [7, 11) is 0. The molecule has 0 unspecified atom stereocenters. The molecule has 0 spiro atoms. The lowest BCUT2D eigenvalue weighted by Gasteiger charge is -2.40. The van der Waals surface area contributed by atoms with Gasteiger partial charge in [0.25, 0.3) is 0 Å². The lowest BCUT2D eigenvalue weighted by atomic mass is 9.77. The Morgan fingerprint density at radius 2 is 1.85 bits per heavy atom. The monoisotopic (exact) mass is 275 g/mol. The van der Waals surface area contributed by atoms with Crippen LogP contribution in [0.25, 0.3) is 0 Å². The number of hydrogen-bond acceptors (Lipinski definition) is 2. The minimum Gasteiger partial charge on any atom is -0.443 e. The number of carbonyl (C=O) groups is 1. The zero-order valence-electron chi connectivity index (χ0n) is 12.5. The molecule has 110 valence electrons. The molecule has 20 heavy (non-hydrogen) atoms. The molecule has 1 saturated carbocycles. The molecule has 1 aromatic rings. The van der Waals surface area contributed by atoms with Gasteiger partial charge in [-0.1, -0.05) is 50.6 Å². The molecule has 1 fully saturated rings. The number of rotatable bonds is 4. The zero-order chi connectivity index (χ0) is 14.4. The predicted molar refractivity (Wildman–Crippen MR) is 80.4 cm³/mol. The van der Waals surface area contributed by atoms with Crippen molar-refractivity contribution in [3.05, 3.63) is 35.9 Å². The predicted octanol–water partition coefficient (Wildman–Crippen LogP) is 4.27. The Morgan fingerprint density at radius 1 is 1.20 bits per heavy atom. The van der Waals surface area contributed by atoms with Crippen LogP contribution >= 0.6 is 0 Å². The van der Waals surface area contributed by atoms with Crippen LogP contribution in [0.3, 0.4) is 0 Å². The Bertz CT molecular complexity index is 422. The van der Waals surface area contributed by atoms with Crippen molar-refractivity contribution in [3.63, 3.8) is 0 Å². The van der Waals surface area contributed by atoms with Crippen LogP contribution in [-0.2, 0) is 11.3 Å². The fourth-order valence-corrected chi connectivity index (χ4v) is 2.94. The quantitative estimate of drug-likeness (QED) is 0.891. The summed E-state index contributed by atoms with van der Waals surface area (Å²) in [5.74, 6) is 0.366. The summed E-state index contributed by atoms with van der Waals surface area (Å²) in [6, 6.07) is 9.91. The second-order valence-electron chi connectivity index (χ2n) is 6.01. The topological polar surface area (TPSA) is 38.3 Å². The third kappa shape index (κ3) is 3.75. The molecule has 0 aromatic heterocycles. The van der Waals surface area contributed by atoms with Crippen molar-refractivity contribution in [1.82, 2.24) is 5.32 Å². The number of nitrogens with one attached hydrogen (secondary N) is 1. The van der Waals surface area contributed by atoms with Gasteiger partial charge < -0.3 is 10.1 Å². The number of ether oxygens (including phenoxy) is 1. The van der Waals surface area contributed by atoms with E-state index in [-0.39, 0.29) is 11.7 Å². The fraction of sp³-hybridized carbons (Fsp3) is 0.588. The molecule has 1 aliphatic rings. The molecular formula is C17H25NO2. The van der Waals surface area contributed by atoms with Crippen LogP contribution in [-0.4, -0.2) is 11.7 Å². The normalized spacial score (nSPS) is 17.8. The molecule has 0 radical (unpaired) electrons. The van der Waals surface area contributed by atoms with E-state index in [2.05, 4.69) is 19.2 Å². The van der Waals surface area contributed by atoms with E-state index in [9.17, 15) is 4.79 Å². The van der Waals surface area contributed by atoms with Gasteiger partial charge in [0.1, 0.15) is 5.60 Å². The van der Waals surface area contributed by atoms with Crippen molar-refractivity contribution in [3.8, 4) is 0 Å². The molecule has 3 heteroatoms. The second kappa shape index (κ2) is 6.78. The summed E-state index contributed by atoms with van der Waals surface area (Å²) in [5.41, 5.74) is 0.825. The summed E-state index contributed by atoms with van der Waals surface area (Å²) in [4.78, 5) is 12.1. The maximum atomic E-state index is 12.1. The highest BCUT2D eigenvalue weighted by atomic mass is 16.6. The molecule has 0 saturated heterocycles. The lowest BCUT2D eigenvalue weighted by Crippen LogP contribution is -2.44. The molecule has 2 rings (SSSR count). The Hall–Kier alpha value is -1.51. The van der Waals surface area contributed by atoms with Gasteiger partial charge in [-0.25, -0.2) is 4.79 Å². The minimum atomic E-state index is -0.288. The Balaban J connectivity index is 1.89. The Labute approximate surface area is 121 Å². The Morgan fingerprint density at radius 3 is 2.45 bits per heavy atom. The van der Waals surface area contributed by atoms with E-state index >= 15 is 0 Å². The molecule has 1 amide bonds. The molecule has 0 bridgehead atoms. The highest BCUT2D eigenvalue weighted by Crippen LogP contribution is 2.37. The lowest BCUT2D eigenvalue weighted by molar-refractivity contribution is -0.0506. The molecule has 3 nitrogen and oxygen atoms in total. The Kier molecular flexibility index (Phi) is 5.05. The number of amides is 1. The summed E-state index contributed by atoms with van der Waals surface area (Å²) >= 11 is 0. The number of hydrogen-bond donors (Lipinski definition) is 1. The van der Waals surface area contributed by atoms with Crippen LogP contribution in [0.2, 0.25) is 0 Å². The van der Waals surface area contributed by atoms with Crippen molar-refractivity contribution in [2.24, 2.45) is 5.92 Å². The summed E-state index contributed by atoms with van der Waals surface area (Å²) < 4.78 is 5.81. The molecule has 1 N–H and O–H groups in total. The van der Waals surface area contributed by atoms with Gasteiger partial charge in [0.05, 0.1) is 0 Å². The van der Waals surface area contributed by atoms with Crippen molar-refractivity contribution >= 4 is 6.09 Å². The van der Waals surface area contributed by atoms with Gasteiger partial charge in [-0.05, 0) is 37.2 Å². The molecular weight excluding hydrogens is 250 g/mol. The summed E-state index contributed by atoms with van der Waals surface area (Å²) in [6.45, 7) is 4.82. The number of carbonyl (C=O) groups excluding carboxylic acids is 1. The van der Waals surface area contributed by atoms with E-state index in [1.54, 1.807) is 0 Å². The number of alkyl carbamates (subject to hydrolysis) is 1. The van der Waals surface area contributed by atoms with E-state index in [0.29, 0.717) is 12.5 Å². The highest BCUT2D eigenvalue weighted by molar-refractivity contribution is 5.67. The largest absolute Gasteiger partial charge is 0.443 e. The molecule has 0 atom stereocenters. The average Bonchev–Trinajstić information content (AvgIpc) is 2.47. The van der Waals surface area contributed by atoms with Crippen LogP contribution in [0.15, 0.2) is 30.3 Å². The van der Waals surface area contributed by atoms with Crippen LogP contribution in [0.1, 0.15) is 51.5 Å². The van der Waals surface area contributed by atoms with Gasteiger partial charge in [-0.3, -0.25) is 0 Å². The first-order valence-electron chi connectivity index (χ1n) is 7.63. The van der Waals surface area contributed by atoms with E-state index in [1.165, 1.54) is 6.42 Å². The first-order chi connectivity index (χ1) is 9.62. The van der Waals surface area contributed by atoms with Crippen LogP contribution in [0.5, 0.6) is 0 Å². The van der Waals surface area contributed by atoms with Gasteiger partial charge in [-0.2, -0.15) is 0 Å². The van der Waals surface area contributed by atoms with Crippen LogP contribution in [0.4, 0.5) is 4.79 Å². The van der Waals surface area contributed by atoms with Gasteiger partial charge in [0.15, 0.2) is 0 Å². The third-order valence-corrected chi connectivity index (χ3v) is 4.33. The van der Waals surface area contributed by atoms with Gasteiger partial charge >= 0.3 is 6.09 Å². The smallest absolute Gasteiger partial charge is 0.407 e. The fourth-order valence-electron chi connectivity index (χ4n) is 2.94. The summed E-state index contributed by atoms with van der Waals surface area (Å²) in [5, 5.41) is 2.86. The first kappa shape index (κ1) is 14.9. The molecule has 0 aliphatic heterocycles. The second-order valence-corrected chi connectivity index (χ2v) is 6.01. The highest BCUT2D eigenvalue weighted by Gasteiger charge is 2.38. The molecule has 1 aromatic carbocycles. The van der Waals surface area contributed by atoms with Gasteiger partial charge in [0.2, 0.25) is 0 Å². The van der Waals surface area contributed by atoms with Crippen LogP contribution < -0.4 is 5.32 Å². The average molecular weight is 275 g/mol. The number of benzene rings is 1. The maximum Gasteiger partial charge on any atom is 0.407 e. The first-order valence-corrected chi connectivity index (χ1v) is 7.63. The van der Waals surface area contributed by atoms with Crippen molar-refractivity contribution in [2.45, 2.75) is 58.1 Å². The van der Waals surface area contributed by atoms with E-state index in [1.807, 2.05) is 30.3 Å². The van der Waals surface area contributed by atoms with Gasteiger partial charge in [0, 0.05) is 6.54 Å². The molecule has 0 heterocycles. The third-order valence-electron chi connectivity index (χ3n) is 4.33. The van der Waals surface area contributed by atoms with E-state index < -0.39 is 0 Å². The molecule has 1 aliphatic carbocycles. The van der Waals surface area contributed by atoms with Crippen LogP contribution in [0, 0.1) is 5.92 Å². The van der Waals surface area contributed by atoms with Crippen molar-refractivity contribution < 1.29 is 9.53 Å². The van der Waals surface area contributed by atoms with E-state index in [4.69, 9.17) is 4.74 Å².